The highest BCUT2D eigenvalue weighted by atomic mass is 16.5. The number of hydrogen-bond donors (Lipinski definition) is 2. The number of para-hydroxylation sites is 2. The second kappa shape index (κ2) is 6.74. The van der Waals surface area contributed by atoms with Crippen LogP contribution in [0.15, 0.2) is 24.3 Å². The molecule has 0 saturated heterocycles. The van der Waals surface area contributed by atoms with Crippen molar-refractivity contribution in [1.29, 1.82) is 0 Å². The van der Waals surface area contributed by atoms with E-state index in [2.05, 4.69) is 12.2 Å². The number of carboxylic acids is 1. The van der Waals surface area contributed by atoms with Gasteiger partial charge in [0.05, 0.1) is 5.69 Å². The van der Waals surface area contributed by atoms with Crippen LogP contribution in [0.4, 0.5) is 5.69 Å². The lowest BCUT2D eigenvalue weighted by molar-refractivity contribution is -0.149. The van der Waals surface area contributed by atoms with Crippen molar-refractivity contribution in [2.75, 3.05) is 18.1 Å². The van der Waals surface area contributed by atoms with Crippen LogP contribution in [-0.4, -0.2) is 41.6 Å². The lowest BCUT2D eigenvalue weighted by atomic mass is 9.77. The number of nitrogens with one attached hydrogen (secondary N) is 1. The number of carbonyl (C=O) groups is 3. The monoisotopic (exact) mass is 346 g/mol. The van der Waals surface area contributed by atoms with Gasteiger partial charge in [0.2, 0.25) is 5.91 Å². The van der Waals surface area contributed by atoms with Crippen molar-refractivity contribution in [3.05, 3.63) is 24.3 Å². The average molecular weight is 346 g/mol. The Kier molecular flexibility index (Phi) is 4.65. The molecule has 1 saturated carbocycles. The Bertz CT molecular complexity index is 694. The zero-order chi connectivity index (χ0) is 18.0. The Morgan fingerprint density at radius 1 is 1.32 bits per heavy atom. The van der Waals surface area contributed by atoms with E-state index in [4.69, 9.17) is 4.74 Å². The van der Waals surface area contributed by atoms with Crippen molar-refractivity contribution in [3.63, 3.8) is 0 Å². The van der Waals surface area contributed by atoms with Crippen LogP contribution in [0.2, 0.25) is 0 Å². The van der Waals surface area contributed by atoms with E-state index in [9.17, 15) is 19.5 Å². The first-order valence-corrected chi connectivity index (χ1v) is 8.48. The Labute approximate surface area is 146 Å². The molecular formula is C18H22N2O5. The minimum Gasteiger partial charge on any atom is -0.482 e. The molecule has 1 aliphatic carbocycles. The van der Waals surface area contributed by atoms with Gasteiger partial charge in [-0.2, -0.15) is 0 Å². The highest BCUT2D eigenvalue weighted by Crippen LogP contribution is 2.33. The molecule has 1 heterocycles. The number of benzene rings is 1. The van der Waals surface area contributed by atoms with Gasteiger partial charge in [-0.25, -0.2) is 4.79 Å². The largest absolute Gasteiger partial charge is 0.482 e. The summed E-state index contributed by atoms with van der Waals surface area (Å²) in [7, 11) is 0. The van der Waals surface area contributed by atoms with Crippen molar-refractivity contribution >= 4 is 23.5 Å². The Morgan fingerprint density at radius 3 is 2.68 bits per heavy atom. The van der Waals surface area contributed by atoms with Crippen LogP contribution in [-0.2, 0) is 14.4 Å². The van der Waals surface area contributed by atoms with Crippen LogP contribution in [0.25, 0.3) is 0 Å². The summed E-state index contributed by atoms with van der Waals surface area (Å²) >= 11 is 0. The Balaban J connectivity index is 1.74. The van der Waals surface area contributed by atoms with Crippen molar-refractivity contribution in [1.82, 2.24) is 5.32 Å². The molecule has 25 heavy (non-hydrogen) atoms. The van der Waals surface area contributed by atoms with Crippen LogP contribution < -0.4 is 15.0 Å². The summed E-state index contributed by atoms with van der Waals surface area (Å²) in [6.45, 7) is 1.73. The van der Waals surface area contributed by atoms with Crippen LogP contribution in [0.5, 0.6) is 5.75 Å². The van der Waals surface area contributed by atoms with Gasteiger partial charge >= 0.3 is 5.97 Å². The minimum absolute atomic E-state index is 0.133. The first kappa shape index (κ1) is 17.3. The molecule has 2 amide bonds. The first-order chi connectivity index (χ1) is 11.9. The predicted octanol–water partition coefficient (Wildman–Crippen LogP) is 1.56. The van der Waals surface area contributed by atoms with Crippen molar-refractivity contribution in [2.45, 2.75) is 38.1 Å². The van der Waals surface area contributed by atoms with E-state index in [1.165, 1.54) is 4.90 Å². The molecule has 1 aromatic rings. The molecule has 1 aliphatic heterocycles. The molecule has 0 radical (unpaired) electrons. The molecule has 134 valence electrons. The fourth-order valence-corrected chi connectivity index (χ4v) is 3.42. The lowest BCUT2D eigenvalue weighted by Gasteiger charge is -2.37. The molecule has 0 spiro atoms. The number of aliphatic carboxylic acids is 1. The molecule has 1 aromatic carbocycles. The van der Waals surface area contributed by atoms with E-state index in [0.717, 1.165) is 12.8 Å². The van der Waals surface area contributed by atoms with Gasteiger partial charge in [-0.05, 0) is 43.7 Å². The van der Waals surface area contributed by atoms with Crippen molar-refractivity contribution in [3.8, 4) is 5.75 Å². The molecule has 0 atom stereocenters. The summed E-state index contributed by atoms with van der Waals surface area (Å²) in [4.78, 5) is 37.8. The smallest absolute Gasteiger partial charge is 0.329 e. The first-order valence-electron chi connectivity index (χ1n) is 8.48. The summed E-state index contributed by atoms with van der Waals surface area (Å²) < 4.78 is 5.35. The number of ether oxygens (including phenoxy) is 1. The zero-order valence-corrected chi connectivity index (χ0v) is 14.2. The summed E-state index contributed by atoms with van der Waals surface area (Å²) in [6, 6.07) is 6.98. The number of fused-ring (bicyclic) bond motifs is 1. The standard InChI is InChI=1S/C18H22N2O5/c1-12-6-8-18(9-7-12,17(23)24)19-15(21)10-20-13-4-2-3-5-14(13)25-11-16(20)22/h2-5,12H,6-11H2,1H3,(H,19,21)(H,23,24). The highest BCUT2D eigenvalue weighted by molar-refractivity contribution is 6.02. The van der Waals surface area contributed by atoms with Gasteiger partial charge in [0, 0.05) is 0 Å². The second-order valence-corrected chi connectivity index (χ2v) is 6.85. The van der Waals surface area contributed by atoms with E-state index in [1.807, 2.05) is 0 Å². The average Bonchev–Trinajstić information content (AvgIpc) is 2.59. The van der Waals surface area contributed by atoms with Gasteiger partial charge in [-0.1, -0.05) is 19.1 Å². The Morgan fingerprint density at radius 2 is 2.00 bits per heavy atom. The van der Waals surface area contributed by atoms with Gasteiger partial charge in [0.25, 0.3) is 5.91 Å². The summed E-state index contributed by atoms with van der Waals surface area (Å²) in [5, 5.41) is 12.3. The van der Waals surface area contributed by atoms with E-state index >= 15 is 0 Å². The molecule has 2 N–H and O–H groups in total. The number of nitrogens with zero attached hydrogens (tertiary/aromatic N) is 1. The van der Waals surface area contributed by atoms with Crippen molar-refractivity contribution in [2.24, 2.45) is 5.92 Å². The molecule has 0 bridgehead atoms. The molecule has 2 aliphatic rings. The maximum absolute atomic E-state index is 12.5. The summed E-state index contributed by atoms with van der Waals surface area (Å²) in [6.07, 6.45) is 2.32. The SMILES string of the molecule is CC1CCC(NC(=O)CN2C(=O)COc3ccccc32)(C(=O)O)CC1. The third-order valence-corrected chi connectivity index (χ3v) is 5.03. The fraction of sp³-hybridized carbons (Fsp3) is 0.500. The predicted molar refractivity (Wildman–Crippen MR) is 90.4 cm³/mol. The summed E-state index contributed by atoms with van der Waals surface area (Å²) in [5.41, 5.74) is -0.714. The van der Waals surface area contributed by atoms with Crippen LogP contribution in [0.1, 0.15) is 32.6 Å². The molecular weight excluding hydrogens is 324 g/mol. The molecule has 0 aromatic heterocycles. The number of hydrogen-bond acceptors (Lipinski definition) is 4. The number of amides is 2. The van der Waals surface area contributed by atoms with Gasteiger partial charge in [-0.3, -0.25) is 14.5 Å². The number of carbonyl (C=O) groups excluding carboxylic acids is 2. The highest BCUT2D eigenvalue weighted by Gasteiger charge is 2.43. The van der Waals surface area contributed by atoms with Crippen LogP contribution in [0.3, 0.4) is 0 Å². The third-order valence-electron chi connectivity index (χ3n) is 5.03. The van der Waals surface area contributed by atoms with E-state index in [-0.39, 0.29) is 19.1 Å². The second-order valence-electron chi connectivity index (χ2n) is 6.85. The molecule has 1 fully saturated rings. The van der Waals surface area contributed by atoms with Crippen LogP contribution >= 0.6 is 0 Å². The van der Waals surface area contributed by atoms with Crippen molar-refractivity contribution < 1.29 is 24.2 Å². The molecule has 7 heteroatoms. The lowest BCUT2D eigenvalue weighted by Crippen LogP contribution is -2.58. The number of anilines is 1. The molecule has 7 nitrogen and oxygen atoms in total. The van der Waals surface area contributed by atoms with E-state index in [1.54, 1.807) is 24.3 Å². The number of rotatable bonds is 4. The molecule has 0 unspecified atom stereocenters. The van der Waals surface area contributed by atoms with Crippen LogP contribution in [0, 0.1) is 5.92 Å². The number of carboxylic acid groups (broad SMARTS) is 1. The van der Waals surface area contributed by atoms with E-state index in [0.29, 0.717) is 30.2 Å². The molecule has 3 rings (SSSR count). The quantitative estimate of drug-likeness (QED) is 0.862. The third kappa shape index (κ3) is 3.45. The fourth-order valence-electron chi connectivity index (χ4n) is 3.42. The van der Waals surface area contributed by atoms with Gasteiger partial charge in [0.1, 0.15) is 17.8 Å². The van der Waals surface area contributed by atoms with Gasteiger partial charge < -0.3 is 15.2 Å². The van der Waals surface area contributed by atoms with Gasteiger partial charge in [-0.15, -0.1) is 0 Å². The summed E-state index contributed by atoms with van der Waals surface area (Å²) in [5.74, 6) is -0.814. The zero-order valence-electron chi connectivity index (χ0n) is 14.2. The maximum atomic E-state index is 12.5. The maximum Gasteiger partial charge on any atom is 0.329 e. The van der Waals surface area contributed by atoms with Gasteiger partial charge in [0.15, 0.2) is 6.61 Å². The van der Waals surface area contributed by atoms with E-state index < -0.39 is 17.4 Å². The topological polar surface area (TPSA) is 95.9 Å². The minimum atomic E-state index is -1.24. The normalized spacial score (nSPS) is 25.7. The Hall–Kier alpha value is -2.57.